The van der Waals surface area contributed by atoms with Crippen molar-refractivity contribution in [2.45, 2.75) is 19.4 Å². The van der Waals surface area contributed by atoms with E-state index in [4.69, 9.17) is 10.00 Å². The van der Waals surface area contributed by atoms with Crippen molar-refractivity contribution in [2.75, 3.05) is 19.1 Å². The summed E-state index contributed by atoms with van der Waals surface area (Å²) in [5, 5.41) is 8.69. The van der Waals surface area contributed by atoms with Crippen LogP contribution in [0.3, 0.4) is 0 Å². The number of carbonyl (C=O) groups excluding carboxylic acids is 1. The van der Waals surface area contributed by atoms with E-state index in [1.165, 1.54) is 7.11 Å². The van der Waals surface area contributed by atoms with Gasteiger partial charge in [-0.15, -0.1) is 0 Å². The van der Waals surface area contributed by atoms with E-state index in [0.717, 1.165) is 5.69 Å². The van der Waals surface area contributed by atoms with Crippen molar-refractivity contribution in [2.24, 2.45) is 0 Å². The molecule has 1 rings (SSSR count). The predicted octanol–water partition coefficient (Wildman–Crippen LogP) is 2.21. The van der Waals surface area contributed by atoms with Gasteiger partial charge in [0, 0.05) is 13.1 Å². The largest absolute Gasteiger partial charge is 0.465 e. The fourth-order valence-corrected chi connectivity index (χ4v) is 1.57. The number of methoxy groups -OCH3 is 1. The van der Waals surface area contributed by atoms with Crippen LogP contribution < -0.4 is 4.90 Å². The van der Waals surface area contributed by atoms with Crippen LogP contribution in [0.25, 0.3) is 0 Å². The summed E-state index contributed by atoms with van der Waals surface area (Å²) in [7, 11) is 3.22. The molecule has 17 heavy (non-hydrogen) atoms. The molecule has 1 aromatic rings. The van der Waals surface area contributed by atoms with Gasteiger partial charge in [0.15, 0.2) is 0 Å². The molecule has 0 amide bonds. The zero-order valence-electron chi connectivity index (χ0n) is 10.3. The summed E-state index contributed by atoms with van der Waals surface area (Å²) in [6.45, 7) is 1.94. The first-order valence-corrected chi connectivity index (χ1v) is 5.39. The van der Waals surface area contributed by atoms with Crippen LogP contribution in [0.15, 0.2) is 24.3 Å². The molecule has 0 heterocycles. The third kappa shape index (κ3) is 2.97. The van der Waals surface area contributed by atoms with Gasteiger partial charge in [0.1, 0.15) is 0 Å². The van der Waals surface area contributed by atoms with Gasteiger partial charge >= 0.3 is 5.97 Å². The highest BCUT2D eigenvalue weighted by atomic mass is 16.5. The minimum absolute atomic E-state index is 0.0470. The Bertz CT molecular complexity index is 437. The quantitative estimate of drug-likeness (QED) is 0.747. The first kappa shape index (κ1) is 13.0. The fraction of sp³-hybridized carbons (Fsp3) is 0.385. The van der Waals surface area contributed by atoms with Gasteiger partial charge in [-0.25, -0.2) is 4.79 Å². The molecule has 0 fully saturated rings. The van der Waals surface area contributed by atoms with Crippen molar-refractivity contribution in [3.05, 3.63) is 29.8 Å². The highest BCUT2D eigenvalue weighted by molar-refractivity contribution is 5.95. The summed E-state index contributed by atoms with van der Waals surface area (Å²) >= 11 is 0. The van der Waals surface area contributed by atoms with E-state index in [1.807, 2.05) is 31.0 Å². The number of anilines is 1. The molecule has 0 aliphatic rings. The van der Waals surface area contributed by atoms with Gasteiger partial charge < -0.3 is 9.64 Å². The first-order chi connectivity index (χ1) is 8.11. The average molecular weight is 232 g/mol. The van der Waals surface area contributed by atoms with Crippen LogP contribution in [0.5, 0.6) is 0 Å². The van der Waals surface area contributed by atoms with E-state index in [0.29, 0.717) is 12.0 Å². The third-order valence-electron chi connectivity index (χ3n) is 2.74. The molecule has 0 N–H and O–H groups in total. The summed E-state index contributed by atoms with van der Waals surface area (Å²) < 4.78 is 4.74. The van der Waals surface area contributed by atoms with E-state index >= 15 is 0 Å². The van der Waals surface area contributed by atoms with Crippen LogP contribution in [0.4, 0.5) is 5.69 Å². The normalized spacial score (nSPS) is 11.4. The number of nitriles is 1. The van der Waals surface area contributed by atoms with E-state index in [1.54, 1.807) is 12.1 Å². The SMILES string of the molecule is COC(=O)c1ccccc1N(C)C(C)CC#N. The van der Waals surface area contributed by atoms with Gasteiger partial charge in [-0.3, -0.25) is 0 Å². The Morgan fingerprint density at radius 3 is 2.76 bits per heavy atom. The standard InChI is InChI=1S/C13H16N2O2/c1-10(8-9-14)15(2)12-7-5-4-6-11(12)13(16)17-3/h4-7,10H,8H2,1-3H3. The Kier molecular flexibility index (Phi) is 4.53. The van der Waals surface area contributed by atoms with Gasteiger partial charge in [-0.05, 0) is 19.1 Å². The number of rotatable bonds is 4. The number of ether oxygens (including phenoxy) is 1. The number of benzene rings is 1. The molecule has 0 radical (unpaired) electrons. The van der Waals surface area contributed by atoms with E-state index < -0.39 is 0 Å². The second kappa shape index (κ2) is 5.90. The molecule has 0 aliphatic carbocycles. The molecule has 4 nitrogen and oxygen atoms in total. The second-order valence-corrected chi connectivity index (χ2v) is 3.83. The number of nitrogens with zero attached hydrogens (tertiary/aromatic N) is 2. The maximum atomic E-state index is 11.6. The molecule has 4 heteroatoms. The summed E-state index contributed by atoms with van der Waals surface area (Å²) in [6.07, 6.45) is 0.409. The summed E-state index contributed by atoms with van der Waals surface area (Å²) in [6, 6.07) is 9.39. The highest BCUT2D eigenvalue weighted by Crippen LogP contribution is 2.22. The van der Waals surface area contributed by atoms with Crippen LogP contribution >= 0.6 is 0 Å². The molecule has 0 bridgehead atoms. The minimum atomic E-state index is -0.364. The predicted molar refractivity (Wildman–Crippen MR) is 65.9 cm³/mol. The van der Waals surface area contributed by atoms with Crippen molar-refractivity contribution in [3.8, 4) is 6.07 Å². The van der Waals surface area contributed by atoms with Crippen LogP contribution in [0, 0.1) is 11.3 Å². The van der Waals surface area contributed by atoms with Gasteiger partial charge in [0.25, 0.3) is 0 Å². The molecular formula is C13H16N2O2. The van der Waals surface area contributed by atoms with Gasteiger partial charge in [0.2, 0.25) is 0 Å². The molecule has 1 atom stereocenters. The van der Waals surface area contributed by atoms with Crippen LogP contribution in [-0.4, -0.2) is 26.2 Å². The minimum Gasteiger partial charge on any atom is -0.465 e. The van der Waals surface area contributed by atoms with Crippen LogP contribution in [-0.2, 0) is 4.74 Å². The van der Waals surface area contributed by atoms with Crippen molar-refractivity contribution < 1.29 is 9.53 Å². The van der Waals surface area contributed by atoms with Crippen LogP contribution in [0.1, 0.15) is 23.7 Å². The lowest BCUT2D eigenvalue weighted by Gasteiger charge is -2.26. The third-order valence-corrected chi connectivity index (χ3v) is 2.74. The Morgan fingerprint density at radius 2 is 2.18 bits per heavy atom. The Balaban J connectivity index is 3.05. The Labute approximate surface area is 101 Å². The first-order valence-electron chi connectivity index (χ1n) is 5.39. The topological polar surface area (TPSA) is 53.3 Å². The number of esters is 1. The number of para-hydroxylation sites is 1. The number of hydrogen-bond acceptors (Lipinski definition) is 4. The molecule has 1 unspecified atom stereocenters. The molecule has 1 aromatic carbocycles. The van der Waals surface area contributed by atoms with Gasteiger partial charge in [-0.2, -0.15) is 5.26 Å². The lowest BCUT2D eigenvalue weighted by Crippen LogP contribution is -2.29. The highest BCUT2D eigenvalue weighted by Gasteiger charge is 2.17. The lowest BCUT2D eigenvalue weighted by atomic mass is 10.1. The van der Waals surface area contributed by atoms with E-state index in [2.05, 4.69) is 6.07 Å². The van der Waals surface area contributed by atoms with Crippen molar-refractivity contribution in [1.29, 1.82) is 5.26 Å². The maximum absolute atomic E-state index is 11.6. The van der Waals surface area contributed by atoms with Crippen LogP contribution in [0.2, 0.25) is 0 Å². The summed E-state index contributed by atoms with van der Waals surface area (Å²) in [4.78, 5) is 13.5. The fourth-order valence-electron chi connectivity index (χ4n) is 1.57. The van der Waals surface area contributed by atoms with E-state index in [9.17, 15) is 4.79 Å². The molecular weight excluding hydrogens is 216 g/mol. The Morgan fingerprint density at radius 1 is 1.53 bits per heavy atom. The Hall–Kier alpha value is -2.02. The molecule has 90 valence electrons. The smallest absolute Gasteiger partial charge is 0.339 e. The molecule has 0 spiro atoms. The lowest BCUT2D eigenvalue weighted by molar-refractivity contribution is 0.0601. The van der Waals surface area contributed by atoms with E-state index in [-0.39, 0.29) is 12.0 Å². The number of hydrogen-bond donors (Lipinski definition) is 0. The average Bonchev–Trinajstić information content (AvgIpc) is 2.37. The summed E-state index contributed by atoms with van der Waals surface area (Å²) in [5.74, 6) is -0.364. The molecule has 0 aliphatic heterocycles. The molecule has 0 saturated heterocycles. The van der Waals surface area contributed by atoms with Crippen molar-refractivity contribution in [3.63, 3.8) is 0 Å². The maximum Gasteiger partial charge on any atom is 0.339 e. The zero-order chi connectivity index (χ0) is 12.8. The summed E-state index contributed by atoms with van der Waals surface area (Å²) in [5.41, 5.74) is 1.30. The molecule has 0 aromatic heterocycles. The van der Waals surface area contributed by atoms with Crippen molar-refractivity contribution in [1.82, 2.24) is 0 Å². The van der Waals surface area contributed by atoms with Gasteiger partial charge in [-0.1, -0.05) is 12.1 Å². The van der Waals surface area contributed by atoms with Gasteiger partial charge in [0.05, 0.1) is 30.9 Å². The van der Waals surface area contributed by atoms with Crippen molar-refractivity contribution >= 4 is 11.7 Å². The second-order valence-electron chi connectivity index (χ2n) is 3.83. The monoisotopic (exact) mass is 232 g/mol. The number of carbonyl (C=O) groups is 1. The zero-order valence-corrected chi connectivity index (χ0v) is 10.3. The molecule has 0 saturated carbocycles.